The lowest BCUT2D eigenvalue weighted by atomic mass is 10.1. The SMILES string of the molecule is NCCCc1coc(CC2CCS(=O)(=O)C2)n1. The monoisotopic (exact) mass is 258 g/mol. The Hall–Kier alpha value is -0.880. The van der Waals surface area contributed by atoms with Crippen LogP contribution in [0.4, 0.5) is 0 Å². The van der Waals surface area contributed by atoms with Crippen LogP contribution in [0.3, 0.4) is 0 Å². The summed E-state index contributed by atoms with van der Waals surface area (Å²) in [6, 6.07) is 0. The minimum atomic E-state index is -2.81. The van der Waals surface area contributed by atoms with E-state index in [2.05, 4.69) is 4.98 Å². The minimum absolute atomic E-state index is 0.168. The van der Waals surface area contributed by atoms with Crippen LogP contribution < -0.4 is 5.73 Å². The highest BCUT2D eigenvalue weighted by Crippen LogP contribution is 2.22. The molecule has 0 radical (unpaired) electrons. The van der Waals surface area contributed by atoms with Crippen LogP contribution in [-0.2, 0) is 22.7 Å². The Morgan fingerprint density at radius 2 is 2.35 bits per heavy atom. The molecule has 6 heteroatoms. The van der Waals surface area contributed by atoms with Gasteiger partial charge in [-0.05, 0) is 31.7 Å². The molecule has 5 nitrogen and oxygen atoms in total. The van der Waals surface area contributed by atoms with Crippen LogP contribution in [0.5, 0.6) is 0 Å². The van der Waals surface area contributed by atoms with Crippen LogP contribution in [0.25, 0.3) is 0 Å². The zero-order valence-corrected chi connectivity index (χ0v) is 10.6. The second-order valence-electron chi connectivity index (χ2n) is 4.60. The summed E-state index contributed by atoms with van der Waals surface area (Å²) in [7, 11) is -2.81. The van der Waals surface area contributed by atoms with Gasteiger partial charge in [-0.15, -0.1) is 0 Å². The van der Waals surface area contributed by atoms with Gasteiger partial charge < -0.3 is 10.2 Å². The Morgan fingerprint density at radius 3 is 3.00 bits per heavy atom. The van der Waals surface area contributed by atoms with Gasteiger partial charge in [0, 0.05) is 6.42 Å². The van der Waals surface area contributed by atoms with Crippen molar-refractivity contribution in [1.29, 1.82) is 0 Å². The average Bonchev–Trinajstić information content (AvgIpc) is 2.83. The number of rotatable bonds is 5. The maximum atomic E-state index is 11.3. The first kappa shape index (κ1) is 12.6. The molecule has 0 saturated carbocycles. The number of hydrogen-bond acceptors (Lipinski definition) is 5. The Labute approximate surface area is 101 Å². The van der Waals surface area contributed by atoms with Gasteiger partial charge in [-0.25, -0.2) is 13.4 Å². The number of nitrogens with zero attached hydrogens (tertiary/aromatic N) is 1. The van der Waals surface area contributed by atoms with E-state index in [-0.39, 0.29) is 11.7 Å². The molecule has 2 rings (SSSR count). The number of aryl methyl sites for hydroxylation is 1. The lowest BCUT2D eigenvalue weighted by Crippen LogP contribution is -2.07. The van der Waals surface area contributed by atoms with E-state index in [4.69, 9.17) is 10.2 Å². The van der Waals surface area contributed by atoms with E-state index >= 15 is 0 Å². The summed E-state index contributed by atoms with van der Waals surface area (Å²) in [6.45, 7) is 0.642. The van der Waals surface area contributed by atoms with Crippen LogP contribution in [-0.4, -0.2) is 31.5 Å². The molecule has 1 aliphatic rings. The first-order valence-electron chi connectivity index (χ1n) is 5.93. The van der Waals surface area contributed by atoms with E-state index in [0.717, 1.165) is 25.0 Å². The van der Waals surface area contributed by atoms with E-state index in [1.807, 2.05) is 0 Å². The molecular weight excluding hydrogens is 240 g/mol. The highest BCUT2D eigenvalue weighted by molar-refractivity contribution is 7.91. The molecule has 1 aliphatic heterocycles. The van der Waals surface area contributed by atoms with E-state index in [0.29, 0.717) is 24.6 Å². The molecule has 1 aromatic heterocycles. The zero-order valence-electron chi connectivity index (χ0n) is 9.76. The maximum Gasteiger partial charge on any atom is 0.194 e. The summed E-state index contributed by atoms with van der Waals surface area (Å²) in [5.74, 6) is 1.39. The van der Waals surface area contributed by atoms with Crippen molar-refractivity contribution in [3.05, 3.63) is 17.8 Å². The average molecular weight is 258 g/mol. The van der Waals surface area contributed by atoms with Crippen molar-refractivity contribution in [2.75, 3.05) is 18.1 Å². The molecule has 0 aromatic carbocycles. The number of nitrogens with two attached hydrogens (primary N) is 1. The van der Waals surface area contributed by atoms with Crippen LogP contribution in [0.2, 0.25) is 0 Å². The molecule has 1 fully saturated rings. The lowest BCUT2D eigenvalue weighted by Gasteiger charge is -2.02. The van der Waals surface area contributed by atoms with Gasteiger partial charge in [-0.1, -0.05) is 0 Å². The molecule has 0 spiro atoms. The molecule has 1 aromatic rings. The van der Waals surface area contributed by atoms with Crippen molar-refractivity contribution in [2.24, 2.45) is 11.7 Å². The first-order chi connectivity index (χ1) is 8.09. The van der Waals surface area contributed by atoms with Crippen molar-refractivity contribution in [3.8, 4) is 0 Å². The number of sulfone groups is 1. The molecule has 0 bridgehead atoms. The van der Waals surface area contributed by atoms with Crippen molar-refractivity contribution in [1.82, 2.24) is 4.98 Å². The third kappa shape index (κ3) is 3.54. The van der Waals surface area contributed by atoms with Crippen molar-refractivity contribution >= 4 is 9.84 Å². The predicted molar refractivity (Wildman–Crippen MR) is 64.3 cm³/mol. The van der Waals surface area contributed by atoms with Gasteiger partial charge in [0.1, 0.15) is 6.26 Å². The summed E-state index contributed by atoms with van der Waals surface area (Å²) in [5.41, 5.74) is 6.33. The van der Waals surface area contributed by atoms with Gasteiger partial charge in [0.25, 0.3) is 0 Å². The van der Waals surface area contributed by atoms with Crippen LogP contribution in [0.1, 0.15) is 24.4 Å². The molecule has 1 saturated heterocycles. The topological polar surface area (TPSA) is 86.2 Å². The van der Waals surface area contributed by atoms with Crippen molar-refractivity contribution in [2.45, 2.75) is 25.7 Å². The van der Waals surface area contributed by atoms with Gasteiger partial charge >= 0.3 is 0 Å². The molecule has 17 heavy (non-hydrogen) atoms. The lowest BCUT2D eigenvalue weighted by molar-refractivity contribution is 0.446. The smallest absolute Gasteiger partial charge is 0.194 e. The zero-order chi connectivity index (χ0) is 12.3. The molecule has 0 aliphatic carbocycles. The summed E-state index contributed by atoms with van der Waals surface area (Å²) < 4.78 is 28.0. The van der Waals surface area contributed by atoms with E-state index < -0.39 is 9.84 Å². The minimum Gasteiger partial charge on any atom is -0.449 e. The van der Waals surface area contributed by atoms with E-state index in [1.165, 1.54) is 0 Å². The summed E-state index contributed by atoms with van der Waals surface area (Å²) >= 11 is 0. The van der Waals surface area contributed by atoms with E-state index in [1.54, 1.807) is 6.26 Å². The standard InChI is InChI=1S/C11H18N2O3S/c12-4-1-2-10-7-16-11(13-10)6-9-3-5-17(14,15)8-9/h7,9H,1-6,8,12H2. The fourth-order valence-electron chi connectivity index (χ4n) is 2.12. The second kappa shape index (κ2) is 5.18. The molecule has 1 unspecified atom stereocenters. The highest BCUT2D eigenvalue weighted by atomic mass is 32.2. The fraction of sp³-hybridized carbons (Fsp3) is 0.727. The van der Waals surface area contributed by atoms with Crippen LogP contribution in [0.15, 0.2) is 10.7 Å². The van der Waals surface area contributed by atoms with Gasteiger partial charge in [0.05, 0.1) is 17.2 Å². The maximum absolute atomic E-state index is 11.3. The van der Waals surface area contributed by atoms with Gasteiger partial charge in [-0.2, -0.15) is 0 Å². The predicted octanol–water partition coefficient (Wildman–Crippen LogP) is 0.543. The molecular formula is C11H18N2O3S. The Kier molecular flexibility index (Phi) is 3.83. The molecule has 96 valence electrons. The summed E-state index contributed by atoms with van der Waals surface area (Å²) in [4.78, 5) is 4.34. The Bertz CT molecular complexity index is 467. The number of aromatic nitrogens is 1. The summed E-state index contributed by atoms with van der Waals surface area (Å²) in [6.07, 6.45) is 4.71. The molecule has 2 heterocycles. The third-order valence-electron chi connectivity index (χ3n) is 3.03. The Balaban J connectivity index is 1.89. The highest BCUT2D eigenvalue weighted by Gasteiger charge is 2.28. The number of oxazole rings is 1. The molecule has 2 N–H and O–H groups in total. The van der Waals surface area contributed by atoms with Gasteiger partial charge in [-0.3, -0.25) is 0 Å². The quantitative estimate of drug-likeness (QED) is 0.833. The number of hydrogen-bond donors (Lipinski definition) is 1. The largest absolute Gasteiger partial charge is 0.449 e. The Morgan fingerprint density at radius 1 is 1.53 bits per heavy atom. The van der Waals surface area contributed by atoms with Crippen molar-refractivity contribution < 1.29 is 12.8 Å². The fourth-order valence-corrected chi connectivity index (χ4v) is 3.98. The van der Waals surface area contributed by atoms with Gasteiger partial charge in [0.2, 0.25) is 0 Å². The van der Waals surface area contributed by atoms with Crippen LogP contribution in [0, 0.1) is 5.92 Å². The van der Waals surface area contributed by atoms with Crippen molar-refractivity contribution in [3.63, 3.8) is 0 Å². The molecule has 1 atom stereocenters. The summed E-state index contributed by atoms with van der Waals surface area (Å²) in [5, 5.41) is 0. The van der Waals surface area contributed by atoms with Crippen LogP contribution >= 0.6 is 0 Å². The first-order valence-corrected chi connectivity index (χ1v) is 7.75. The molecule has 0 amide bonds. The van der Waals surface area contributed by atoms with Gasteiger partial charge in [0.15, 0.2) is 15.7 Å². The third-order valence-corrected chi connectivity index (χ3v) is 4.86. The van der Waals surface area contributed by atoms with E-state index in [9.17, 15) is 8.42 Å². The normalized spacial score (nSPS) is 23.0. The second-order valence-corrected chi connectivity index (χ2v) is 6.83.